The Bertz CT molecular complexity index is 1040. The van der Waals surface area contributed by atoms with Gasteiger partial charge in [0.05, 0.1) is 30.8 Å². The maximum atomic E-state index is 12.7. The lowest BCUT2D eigenvalue weighted by molar-refractivity contribution is -0.122. The first-order valence-electron chi connectivity index (χ1n) is 10.2. The highest BCUT2D eigenvalue weighted by atomic mass is 16.5. The van der Waals surface area contributed by atoms with Crippen LogP contribution in [0.25, 0.3) is 0 Å². The van der Waals surface area contributed by atoms with Crippen molar-refractivity contribution in [2.45, 2.75) is 19.4 Å². The number of carbonyl (C=O) groups excluding carboxylic acids is 2. The summed E-state index contributed by atoms with van der Waals surface area (Å²) in [4.78, 5) is 30.9. The Labute approximate surface area is 180 Å². The second-order valence-electron chi connectivity index (χ2n) is 7.05. The number of hydrogen-bond donors (Lipinski definition) is 1. The molecule has 1 aliphatic rings. The molecule has 0 saturated carbocycles. The van der Waals surface area contributed by atoms with Gasteiger partial charge in [-0.05, 0) is 24.3 Å². The number of aromatic nitrogens is 2. The molecule has 3 aromatic rings. The van der Waals surface area contributed by atoms with E-state index in [1.807, 2.05) is 47.2 Å². The molecule has 0 atom stereocenters. The Morgan fingerprint density at radius 2 is 1.94 bits per heavy atom. The van der Waals surface area contributed by atoms with Gasteiger partial charge in [-0.2, -0.15) is 0 Å². The largest absolute Gasteiger partial charge is 0.490 e. The van der Waals surface area contributed by atoms with Crippen molar-refractivity contribution in [1.82, 2.24) is 9.55 Å². The summed E-state index contributed by atoms with van der Waals surface area (Å²) in [6.07, 6.45) is 5.50. The van der Waals surface area contributed by atoms with Gasteiger partial charge in [-0.25, -0.2) is 4.98 Å². The lowest BCUT2D eigenvalue weighted by Crippen LogP contribution is -2.38. The summed E-state index contributed by atoms with van der Waals surface area (Å²) in [7, 11) is 0. The van der Waals surface area contributed by atoms with Gasteiger partial charge in [0, 0.05) is 25.2 Å². The molecule has 0 fully saturated rings. The molecule has 1 aromatic heterocycles. The number of ether oxygens (including phenoxy) is 2. The fraction of sp³-hybridized carbons (Fsp3) is 0.261. The molecule has 2 heterocycles. The van der Waals surface area contributed by atoms with Crippen LogP contribution in [-0.4, -0.2) is 41.1 Å². The van der Waals surface area contributed by atoms with E-state index in [1.54, 1.807) is 29.6 Å². The summed E-state index contributed by atoms with van der Waals surface area (Å²) in [6.45, 7) is 2.01. The predicted molar refractivity (Wildman–Crippen MR) is 116 cm³/mol. The van der Waals surface area contributed by atoms with Crippen molar-refractivity contribution in [2.24, 2.45) is 0 Å². The number of nitrogens with zero attached hydrogens (tertiary/aromatic N) is 3. The van der Waals surface area contributed by atoms with Crippen LogP contribution in [0.1, 0.15) is 12.8 Å². The number of benzene rings is 2. The summed E-state index contributed by atoms with van der Waals surface area (Å²) >= 11 is 0. The minimum atomic E-state index is -0.236. The zero-order valence-corrected chi connectivity index (χ0v) is 17.1. The van der Waals surface area contributed by atoms with Gasteiger partial charge >= 0.3 is 0 Å². The van der Waals surface area contributed by atoms with Crippen LogP contribution in [-0.2, 0) is 16.1 Å². The Kier molecular flexibility index (Phi) is 6.47. The van der Waals surface area contributed by atoms with Crippen molar-refractivity contribution >= 4 is 23.2 Å². The maximum absolute atomic E-state index is 12.7. The molecule has 4 rings (SSSR count). The molecule has 2 aromatic carbocycles. The van der Waals surface area contributed by atoms with Gasteiger partial charge in [-0.15, -0.1) is 0 Å². The van der Waals surface area contributed by atoms with Crippen LogP contribution in [0.2, 0.25) is 0 Å². The number of carbonyl (C=O) groups is 2. The molecule has 0 spiro atoms. The van der Waals surface area contributed by atoms with Crippen LogP contribution in [0, 0.1) is 0 Å². The zero-order chi connectivity index (χ0) is 21.5. The molecule has 1 aliphatic heterocycles. The van der Waals surface area contributed by atoms with E-state index in [4.69, 9.17) is 9.47 Å². The van der Waals surface area contributed by atoms with Crippen molar-refractivity contribution in [2.75, 3.05) is 30.0 Å². The number of anilines is 2. The molecule has 0 radical (unpaired) electrons. The van der Waals surface area contributed by atoms with E-state index in [1.165, 1.54) is 0 Å². The van der Waals surface area contributed by atoms with E-state index in [0.29, 0.717) is 43.5 Å². The Balaban J connectivity index is 1.30. The minimum Gasteiger partial charge on any atom is -0.490 e. The Morgan fingerprint density at radius 3 is 2.81 bits per heavy atom. The van der Waals surface area contributed by atoms with Crippen LogP contribution in [0.5, 0.6) is 11.5 Å². The highest BCUT2D eigenvalue weighted by Gasteiger charge is 2.23. The molecule has 8 nitrogen and oxygen atoms in total. The third-order valence-electron chi connectivity index (χ3n) is 4.92. The average molecular weight is 420 g/mol. The first-order valence-corrected chi connectivity index (χ1v) is 10.2. The van der Waals surface area contributed by atoms with E-state index >= 15 is 0 Å². The van der Waals surface area contributed by atoms with Gasteiger partial charge in [-0.1, -0.05) is 24.3 Å². The number of imidazole rings is 1. The first-order chi connectivity index (χ1) is 15.2. The fourth-order valence-corrected chi connectivity index (χ4v) is 3.37. The first kappa shape index (κ1) is 20.5. The topological polar surface area (TPSA) is 85.7 Å². The highest BCUT2D eigenvalue weighted by Crippen LogP contribution is 2.31. The summed E-state index contributed by atoms with van der Waals surface area (Å²) in [6, 6.07) is 14.7. The van der Waals surface area contributed by atoms with Gasteiger partial charge in [0.15, 0.2) is 0 Å². The molecular weight excluding hydrogens is 396 g/mol. The summed E-state index contributed by atoms with van der Waals surface area (Å²) in [5.41, 5.74) is 1.33. The maximum Gasteiger partial charge on any atom is 0.227 e. The quantitative estimate of drug-likeness (QED) is 0.605. The van der Waals surface area contributed by atoms with E-state index in [2.05, 4.69) is 10.3 Å². The lowest BCUT2D eigenvalue weighted by atomic mass is 10.2. The van der Waals surface area contributed by atoms with Gasteiger partial charge in [-0.3, -0.25) is 9.59 Å². The molecule has 0 aliphatic carbocycles. The number of para-hydroxylation sites is 4. The van der Waals surface area contributed by atoms with E-state index in [9.17, 15) is 9.59 Å². The van der Waals surface area contributed by atoms with Crippen molar-refractivity contribution in [3.05, 3.63) is 67.3 Å². The average Bonchev–Trinajstić information content (AvgIpc) is 3.32. The standard InChI is InChI=1S/C23H24N4O4/c28-22(9-10-23(29)27-14-16-31-21-8-4-2-6-19(21)27)25-18-5-1-3-7-20(18)30-15-13-26-12-11-24-17-26/h1-8,11-12,17H,9-10,13-16H2,(H,25,28). The summed E-state index contributed by atoms with van der Waals surface area (Å²) < 4.78 is 13.3. The molecule has 0 saturated heterocycles. The Hall–Kier alpha value is -3.81. The molecule has 1 N–H and O–H groups in total. The van der Waals surface area contributed by atoms with Crippen molar-refractivity contribution in [3.63, 3.8) is 0 Å². The van der Waals surface area contributed by atoms with Crippen LogP contribution < -0.4 is 19.7 Å². The van der Waals surface area contributed by atoms with Crippen molar-refractivity contribution in [1.29, 1.82) is 0 Å². The molecule has 160 valence electrons. The summed E-state index contributed by atoms with van der Waals surface area (Å²) in [5, 5.41) is 2.85. The number of amides is 2. The van der Waals surface area contributed by atoms with Crippen LogP contribution >= 0.6 is 0 Å². The van der Waals surface area contributed by atoms with E-state index in [-0.39, 0.29) is 24.7 Å². The molecule has 0 unspecified atom stereocenters. The molecule has 31 heavy (non-hydrogen) atoms. The van der Waals surface area contributed by atoms with E-state index in [0.717, 1.165) is 5.69 Å². The molecular formula is C23H24N4O4. The van der Waals surface area contributed by atoms with Crippen LogP contribution in [0.4, 0.5) is 11.4 Å². The SMILES string of the molecule is O=C(CCC(=O)N1CCOc2ccccc21)Nc1ccccc1OCCn1ccnc1. The van der Waals surface area contributed by atoms with Crippen molar-refractivity contribution < 1.29 is 19.1 Å². The highest BCUT2D eigenvalue weighted by molar-refractivity contribution is 5.99. The number of hydrogen-bond acceptors (Lipinski definition) is 5. The van der Waals surface area contributed by atoms with Gasteiger partial charge in [0.2, 0.25) is 11.8 Å². The zero-order valence-electron chi connectivity index (χ0n) is 17.1. The second kappa shape index (κ2) is 9.80. The number of fused-ring (bicyclic) bond motifs is 1. The molecule has 0 bridgehead atoms. The summed E-state index contributed by atoms with van der Waals surface area (Å²) in [5.74, 6) is 0.939. The van der Waals surface area contributed by atoms with Gasteiger partial charge < -0.3 is 24.3 Å². The number of rotatable bonds is 8. The second-order valence-corrected chi connectivity index (χ2v) is 7.05. The lowest BCUT2D eigenvalue weighted by Gasteiger charge is -2.29. The number of nitrogens with one attached hydrogen (secondary N) is 1. The van der Waals surface area contributed by atoms with Crippen LogP contribution in [0.3, 0.4) is 0 Å². The Morgan fingerprint density at radius 1 is 1.10 bits per heavy atom. The normalized spacial score (nSPS) is 12.6. The monoisotopic (exact) mass is 420 g/mol. The minimum absolute atomic E-state index is 0.0850. The van der Waals surface area contributed by atoms with E-state index < -0.39 is 0 Å². The fourth-order valence-electron chi connectivity index (χ4n) is 3.37. The molecule has 8 heteroatoms. The smallest absolute Gasteiger partial charge is 0.227 e. The predicted octanol–water partition coefficient (Wildman–Crippen LogP) is 3.11. The van der Waals surface area contributed by atoms with Crippen LogP contribution in [0.15, 0.2) is 67.3 Å². The van der Waals surface area contributed by atoms with Gasteiger partial charge in [0.1, 0.15) is 24.7 Å². The molecule has 2 amide bonds. The van der Waals surface area contributed by atoms with Gasteiger partial charge in [0.25, 0.3) is 0 Å². The van der Waals surface area contributed by atoms with Crippen molar-refractivity contribution in [3.8, 4) is 11.5 Å². The third kappa shape index (κ3) is 5.22. The third-order valence-corrected chi connectivity index (χ3v) is 4.92.